The molecule has 1 nitrogen and oxygen atoms in total. The minimum absolute atomic E-state index is 0.147. The van der Waals surface area contributed by atoms with E-state index in [-0.39, 0.29) is 5.82 Å². The van der Waals surface area contributed by atoms with Crippen molar-refractivity contribution in [3.8, 4) is 0 Å². The molecule has 0 amide bonds. The van der Waals surface area contributed by atoms with Gasteiger partial charge < -0.3 is 4.57 Å². The van der Waals surface area contributed by atoms with Gasteiger partial charge in [-0.05, 0) is 37.1 Å². The van der Waals surface area contributed by atoms with Crippen molar-refractivity contribution >= 4 is 10.9 Å². The van der Waals surface area contributed by atoms with Crippen molar-refractivity contribution in [2.24, 2.45) is 0 Å². The van der Waals surface area contributed by atoms with Crippen LogP contribution < -0.4 is 0 Å². The van der Waals surface area contributed by atoms with Crippen LogP contribution in [0.5, 0.6) is 0 Å². The number of rotatable bonds is 5. The lowest BCUT2D eigenvalue weighted by Gasteiger charge is -2.09. The lowest BCUT2D eigenvalue weighted by molar-refractivity contribution is 0.600. The highest BCUT2D eigenvalue weighted by Gasteiger charge is 2.07. The number of nitrogens with zero attached hydrogens (tertiary/aromatic N) is 1. The van der Waals surface area contributed by atoms with E-state index in [1.54, 1.807) is 12.1 Å². The molecule has 2 aromatic rings. The fourth-order valence-electron chi connectivity index (χ4n) is 2.38. The molecule has 0 fully saturated rings. The van der Waals surface area contributed by atoms with Gasteiger partial charge in [0.2, 0.25) is 0 Å². The normalized spacial score (nSPS) is 11.2. The number of unbranched alkanes of at least 4 members (excludes halogenated alkanes) is 2. The van der Waals surface area contributed by atoms with Gasteiger partial charge in [0, 0.05) is 23.1 Å². The molecule has 0 N–H and O–H groups in total. The van der Waals surface area contributed by atoms with Crippen LogP contribution in [0.15, 0.2) is 24.3 Å². The zero-order valence-corrected chi connectivity index (χ0v) is 10.7. The molecule has 1 aromatic heterocycles. The summed E-state index contributed by atoms with van der Waals surface area (Å²) in [6.07, 6.45) is 4.69. The third-order valence-electron chi connectivity index (χ3n) is 3.30. The van der Waals surface area contributed by atoms with Gasteiger partial charge in [0.1, 0.15) is 5.82 Å². The highest BCUT2D eigenvalue weighted by atomic mass is 19.1. The lowest BCUT2D eigenvalue weighted by atomic mass is 10.2. The monoisotopic (exact) mass is 233 g/mol. The summed E-state index contributed by atoms with van der Waals surface area (Å²) in [6, 6.07) is 7.20. The summed E-state index contributed by atoms with van der Waals surface area (Å²) in [5.41, 5.74) is 2.47. The van der Waals surface area contributed by atoms with Crippen molar-refractivity contribution in [3.05, 3.63) is 35.8 Å². The molecule has 17 heavy (non-hydrogen) atoms. The van der Waals surface area contributed by atoms with Crippen molar-refractivity contribution in [1.82, 2.24) is 4.57 Å². The van der Waals surface area contributed by atoms with E-state index < -0.39 is 0 Å². The van der Waals surface area contributed by atoms with E-state index in [1.165, 1.54) is 30.5 Å². The number of benzene rings is 1. The van der Waals surface area contributed by atoms with Gasteiger partial charge >= 0.3 is 0 Å². The first-order valence-corrected chi connectivity index (χ1v) is 6.54. The largest absolute Gasteiger partial charge is 0.345 e. The van der Waals surface area contributed by atoms with Crippen LogP contribution in [0, 0.1) is 5.82 Å². The number of aromatic nitrogens is 1. The number of halogens is 1. The first-order valence-electron chi connectivity index (χ1n) is 6.54. The molecule has 1 heterocycles. The van der Waals surface area contributed by atoms with Gasteiger partial charge in [-0.15, -0.1) is 0 Å². The van der Waals surface area contributed by atoms with Crippen LogP contribution in [0.3, 0.4) is 0 Å². The SMILES string of the molecule is CCCCCn1c(CC)cc2cc(F)ccc21. The van der Waals surface area contributed by atoms with Gasteiger partial charge in [0.15, 0.2) is 0 Å². The number of aryl methyl sites for hydroxylation is 2. The Balaban J connectivity index is 2.36. The molecule has 0 spiro atoms. The van der Waals surface area contributed by atoms with Crippen LogP contribution in [0.25, 0.3) is 10.9 Å². The topological polar surface area (TPSA) is 4.93 Å². The molecule has 2 rings (SSSR count). The second kappa shape index (κ2) is 5.35. The summed E-state index contributed by atoms with van der Waals surface area (Å²) in [4.78, 5) is 0. The molecule has 0 saturated heterocycles. The van der Waals surface area contributed by atoms with E-state index in [9.17, 15) is 4.39 Å². The maximum absolute atomic E-state index is 13.2. The average Bonchev–Trinajstić information content (AvgIpc) is 2.67. The Hall–Kier alpha value is -1.31. The molecule has 0 bridgehead atoms. The predicted octanol–water partition coefficient (Wildman–Crippen LogP) is 4.53. The Kier molecular flexibility index (Phi) is 3.82. The second-order valence-electron chi connectivity index (χ2n) is 4.55. The Labute approximate surface area is 102 Å². The number of hydrogen-bond donors (Lipinski definition) is 0. The molecule has 0 aliphatic rings. The standard InChI is InChI=1S/C15H20FN/c1-3-5-6-9-17-14(4-2)11-12-10-13(16)7-8-15(12)17/h7-8,10-11H,3-6,9H2,1-2H3. The van der Waals surface area contributed by atoms with Gasteiger partial charge in [-0.2, -0.15) is 0 Å². The summed E-state index contributed by atoms with van der Waals surface area (Å²) in [7, 11) is 0. The molecule has 2 heteroatoms. The minimum Gasteiger partial charge on any atom is -0.345 e. The molecule has 0 saturated carbocycles. The number of fused-ring (bicyclic) bond motifs is 1. The van der Waals surface area contributed by atoms with Gasteiger partial charge in [-0.3, -0.25) is 0 Å². The van der Waals surface area contributed by atoms with Gasteiger partial charge in [0.05, 0.1) is 0 Å². The molecule has 0 aliphatic heterocycles. The summed E-state index contributed by atoms with van der Waals surface area (Å²) in [5.74, 6) is -0.147. The zero-order valence-electron chi connectivity index (χ0n) is 10.7. The molecule has 0 radical (unpaired) electrons. The van der Waals surface area contributed by atoms with E-state index in [4.69, 9.17) is 0 Å². The van der Waals surface area contributed by atoms with Crippen LogP contribution in [0.1, 0.15) is 38.8 Å². The fraction of sp³-hybridized carbons (Fsp3) is 0.467. The highest BCUT2D eigenvalue weighted by molar-refractivity contribution is 5.81. The van der Waals surface area contributed by atoms with Crippen molar-refractivity contribution in [2.75, 3.05) is 0 Å². The first kappa shape index (κ1) is 12.2. The fourth-order valence-corrected chi connectivity index (χ4v) is 2.38. The predicted molar refractivity (Wildman–Crippen MR) is 70.8 cm³/mol. The lowest BCUT2D eigenvalue weighted by Crippen LogP contribution is -2.02. The molecule has 0 atom stereocenters. The number of hydrogen-bond acceptors (Lipinski definition) is 0. The van der Waals surface area contributed by atoms with E-state index in [0.29, 0.717) is 0 Å². The molecule has 0 aliphatic carbocycles. The van der Waals surface area contributed by atoms with Crippen LogP contribution in [-0.4, -0.2) is 4.57 Å². The maximum Gasteiger partial charge on any atom is 0.123 e. The zero-order chi connectivity index (χ0) is 12.3. The summed E-state index contributed by atoms with van der Waals surface area (Å²) in [6.45, 7) is 5.41. The van der Waals surface area contributed by atoms with E-state index in [1.807, 2.05) is 6.07 Å². The molecular formula is C15H20FN. The van der Waals surface area contributed by atoms with Crippen LogP contribution in [-0.2, 0) is 13.0 Å². The first-order chi connectivity index (χ1) is 8.26. The van der Waals surface area contributed by atoms with Gasteiger partial charge in [-0.25, -0.2) is 4.39 Å². The Morgan fingerprint density at radius 3 is 2.65 bits per heavy atom. The molecular weight excluding hydrogens is 213 g/mol. The summed E-state index contributed by atoms with van der Waals surface area (Å²) in [5, 5.41) is 1.03. The molecule has 0 unspecified atom stereocenters. The van der Waals surface area contributed by atoms with Crippen molar-refractivity contribution in [3.63, 3.8) is 0 Å². The summed E-state index contributed by atoms with van der Waals surface area (Å²) < 4.78 is 15.5. The van der Waals surface area contributed by atoms with Crippen molar-refractivity contribution in [1.29, 1.82) is 0 Å². The van der Waals surface area contributed by atoms with Gasteiger partial charge in [-0.1, -0.05) is 26.7 Å². The second-order valence-corrected chi connectivity index (χ2v) is 4.55. The minimum atomic E-state index is -0.147. The Bertz CT molecular complexity index is 499. The van der Waals surface area contributed by atoms with Crippen molar-refractivity contribution in [2.45, 2.75) is 46.1 Å². The Morgan fingerprint density at radius 1 is 1.12 bits per heavy atom. The van der Waals surface area contributed by atoms with E-state index >= 15 is 0 Å². The third-order valence-corrected chi connectivity index (χ3v) is 3.30. The van der Waals surface area contributed by atoms with Crippen LogP contribution in [0.4, 0.5) is 4.39 Å². The van der Waals surface area contributed by atoms with Crippen molar-refractivity contribution < 1.29 is 4.39 Å². The molecule has 1 aromatic carbocycles. The van der Waals surface area contributed by atoms with Crippen LogP contribution >= 0.6 is 0 Å². The van der Waals surface area contributed by atoms with E-state index in [2.05, 4.69) is 24.5 Å². The average molecular weight is 233 g/mol. The Morgan fingerprint density at radius 2 is 1.94 bits per heavy atom. The highest BCUT2D eigenvalue weighted by Crippen LogP contribution is 2.22. The quantitative estimate of drug-likeness (QED) is 0.668. The summed E-state index contributed by atoms with van der Waals surface area (Å²) >= 11 is 0. The van der Waals surface area contributed by atoms with Crippen LogP contribution in [0.2, 0.25) is 0 Å². The third kappa shape index (κ3) is 2.51. The molecule has 92 valence electrons. The maximum atomic E-state index is 13.2. The smallest absolute Gasteiger partial charge is 0.123 e. The van der Waals surface area contributed by atoms with Gasteiger partial charge in [0.25, 0.3) is 0 Å². The van der Waals surface area contributed by atoms with E-state index in [0.717, 1.165) is 18.4 Å².